The van der Waals surface area contributed by atoms with Gasteiger partial charge in [-0.1, -0.05) is 0 Å². The van der Waals surface area contributed by atoms with Crippen molar-refractivity contribution in [1.82, 2.24) is 15.3 Å². The van der Waals surface area contributed by atoms with E-state index in [1.54, 1.807) is 31.6 Å². The Morgan fingerprint density at radius 1 is 1.39 bits per heavy atom. The van der Waals surface area contributed by atoms with E-state index in [9.17, 15) is 4.39 Å². The Kier molecular flexibility index (Phi) is 3.84. The SMILES string of the molecule is CNC(Cc1ccnc(N)c1)c1ccncc1F. The van der Waals surface area contributed by atoms with E-state index in [4.69, 9.17) is 5.73 Å². The van der Waals surface area contributed by atoms with Crippen molar-refractivity contribution >= 4 is 5.82 Å². The van der Waals surface area contributed by atoms with E-state index in [1.165, 1.54) is 6.20 Å². The molecule has 0 aromatic carbocycles. The van der Waals surface area contributed by atoms with Gasteiger partial charge < -0.3 is 11.1 Å². The number of anilines is 1. The zero-order valence-electron chi connectivity index (χ0n) is 10.1. The van der Waals surface area contributed by atoms with Gasteiger partial charge in [-0.2, -0.15) is 0 Å². The molecule has 2 rings (SSSR count). The number of pyridine rings is 2. The topological polar surface area (TPSA) is 63.8 Å². The third-order valence-electron chi connectivity index (χ3n) is 2.81. The Balaban J connectivity index is 2.23. The molecule has 0 radical (unpaired) electrons. The van der Waals surface area contributed by atoms with Gasteiger partial charge in [-0.3, -0.25) is 4.98 Å². The maximum atomic E-state index is 13.7. The van der Waals surface area contributed by atoms with Crippen LogP contribution < -0.4 is 11.1 Å². The van der Waals surface area contributed by atoms with Crippen molar-refractivity contribution in [2.75, 3.05) is 12.8 Å². The van der Waals surface area contributed by atoms with E-state index in [1.807, 2.05) is 6.07 Å². The molecule has 2 heterocycles. The molecule has 4 nitrogen and oxygen atoms in total. The molecule has 0 aliphatic carbocycles. The van der Waals surface area contributed by atoms with E-state index < -0.39 is 0 Å². The van der Waals surface area contributed by atoms with Crippen LogP contribution in [0.25, 0.3) is 0 Å². The largest absolute Gasteiger partial charge is 0.384 e. The Bertz CT molecular complexity index is 530. The number of likely N-dealkylation sites (N-methyl/N-ethyl adjacent to an activating group) is 1. The maximum Gasteiger partial charge on any atom is 0.146 e. The van der Waals surface area contributed by atoms with Crippen LogP contribution in [-0.2, 0) is 6.42 Å². The molecule has 2 aromatic rings. The summed E-state index contributed by atoms with van der Waals surface area (Å²) in [5.41, 5.74) is 7.24. The number of nitrogens with two attached hydrogens (primary N) is 1. The summed E-state index contributed by atoms with van der Waals surface area (Å²) in [6, 6.07) is 5.24. The summed E-state index contributed by atoms with van der Waals surface area (Å²) >= 11 is 0. The van der Waals surface area contributed by atoms with Crippen molar-refractivity contribution in [1.29, 1.82) is 0 Å². The second-order valence-corrected chi connectivity index (χ2v) is 4.03. The van der Waals surface area contributed by atoms with Crippen molar-refractivity contribution in [3.05, 3.63) is 53.7 Å². The zero-order valence-corrected chi connectivity index (χ0v) is 10.1. The van der Waals surface area contributed by atoms with Crippen molar-refractivity contribution < 1.29 is 4.39 Å². The van der Waals surface area contributed by atoms with Crippen LogP contribution in [0.3, 0.4) is 0 Å². The van der Waals surface area contributed by atoms with Crippen molar-refractivity contribution in [3.63, 3.8) is 0 Å². The normalized spacial score (nSPS) is 12.3. The van der Waals surface area contributed by atoms with Crippen LogP contribution in [0.2, 0.25) is 0 Å². The van der Waals surface area contributed by atoms with Gasteiger partial charge in [-0.15, -0.1) is 0 Å². The van der Waals surface area contributed by atoms with Gasteiger partial charge in [0.15, 0.2) is 0 Å². The fourth-order valence-electron chi connectivity index (χ4n) is 1.89. The van der Waals surface area contributed by atoms with Crippen LogP contribution in [-0.4, -0.2) is 17.0 Å². The summed E-state index contributed by atoms with van der Waals surface area (Å²) < 4.78 is 13.7. The molecule has 1 atom stereocenters. The molecule has 3 N–H and O–H groups in total. The lowest BCUT2D eigenvalue weighted by molar-refractivity contribution is 0.530. The number of hydrogen-bond acceptors (Lipinski definition) is 4. The molecule has 0 aliphatic heterocycles. The molecule has 2 aromatic heterocycles. The lowest BCUT2D eigenvalue weighted by atomic mass is 10.00. The number of nitrogen functional groups attached to an aromatic ring is 1. The van der Waals surface area contributed by atoms with Crippen molar-refractivity contribution in [3.8, 4) is 0 Å². The highest BCUT2D eigenvalue weighted by Crippen LogP contribution is 2.20. The third-order valence-corrected chi connectivity index (χ3v) is 2.81. The van der Waals surface area contributed by atoms with Gasteiger partial charge in [0, 0.05) is 24.0 Å². The quantitative estimate of drug-likeness (QED) is 0.862. The highest BCUT2D eigenvalue weighted by Gasteiger charge is 2.14. The molecule has 0 aliphatic rings. The first-order valence-electron chi connectivity index (χ1n) is 5.68. The van der Waals surface area contributed by atoms with Gasteiger partial charge in [0.2, 0.25) is 0 Å². The number of nitrogens with one attached hydrogen (secondary N) is 1. The first-order chi connectivity index (χ1) is 8.70. The van der Waals surface area contributed by atoms with Gasteiger partial charge in [-0.05, 0) is 37.2 Å². The van der Waals surface area contributed by atoms with Gasteiger partial charge >= 0.3 is 0 Å². The predicted octanol–water partition coefficient (Wildman–Crippen LogP) is 1.70. The summed E-state index contributed by atoms with van der Waals surface area (Å²) in [4.78, 5) is 7.69. The minimum Gasteiger partial charge on any atom is -0.384 e. The summed E-state index contributed by atoms with van der Waals surface area (Å²) in [6.07, 6.45) is 5.11. The number of halogens is 1. The number of rotatable bonds is 4. The molecule has 0 saturated heterocycles. The Labute approximate surface area is 105 Å². The first kappa shape index (κ1) is 12.4. The summed E-state index contributed by atoms with van der Waals surface area (Å²) in [7, 11) is 1.80. The third kappa shape index (κ3) is 2.81. The highest BCUT2D eigenvalue weighted by atomic mass is 19.1. The second-order valence-electron chi connectivity index (χ2n) is 4.03. The minimum atomic E-state index is -0.307. The van der Waals surface area contributed by atoms with Gasteiger partial charge in [-0.25, -0.2) is 9.37 Å². The van der Waals surface area contributed by atoms with E-state index in [0.717, 1.165) is 5.56 Å². The molecule has 0 amide bonds. The molecule has 0 bridgehead atoms. The lowest BCUT2D eigenvalue weighted by Crippen LogP contribution is -2.20. The van der Waals surface area contributed by atoms with E-state index >= 15 is 0 Å². The molecule has 0 fully saturated rings. The lowest BCUT2D eigenvalue weighted by Gasteiger charge is -2.17. The van der Waals surface area contributed by atoms with E-state index in [2.05, 4.69) is 15.3 Å². The summed E-state index contributed by atoms with van der Waals surface area (Å²) in [5.74, 6) is 0.163. The summed E-state index contributed by atoms with van der Waals surface area (Å²) in [5, 5.41) is 3.10. The highest BCUT2D eigenvalue weighted by molar-refractivity contribution is 5.33. The minimum absolute atomic E-state index is 0.116. The zero-order chi connectivity index (χ0) is 13.0. The number of nitrogens with zero attached hydrogens (tertiary/aromatic N) is 2. The first-order valence-corrected chi connectivity index (χ1v) is 5.68. The fourth-order valence-corrected chi connectivity index (χ4v) is 1.89. The van der Waals surface area contributed by atoms with E-state index in [0.29, 0.717) is 17.8 Å². The molecule has 1 unspecified atom stereocenters. The number of aromatic nitrogens is 2. The Morgan fingerprint density at radius 2 is 2.22 bits per heavy atom. The summed E-state index contributed by atoms with van der Waals surface area (Å²) in [6.45, 7) is 0. The van der Waals surface area contributed by atoms with Crippen LogP contribution in [0, 0.1) is 5.82 Å². The van der Waals surface area contributed by atoms with Crippen molar-refractivity contribution in [2.45, 2.75) is 12.5 Å². The molecule has 18 heavy (non-hydrogen) atoms. The molecular formula is C13H15FN4. The van der Waals surface area contributed by atoms with Gasteiger partial charge in [0.25, 0.3) is 0 Å². The van der Waals surface area contributed by atoms with Crippen LogP contribution in [0.1, 0.15) is 17.2 Å². The standard InChI is InChI=1S/C13H15FN4/c1-16-12(10-3-4-17-8-11(10)14)6-9-2-5-18-13(15)7-9/h2-5,7-8,12,16H,6H2,1H3,(H2,15,18). The van der Waals surface area contributed by atoms with Crippen LogP contribution in [0.4, 0.5) is 10.2 Å². The molecule has 5 heteroatoms. The molecular weight excluding hydrogens is 231 g/mol. The number of hydrogen-bond donors (Lipinski definition) is 2. The van der Waals surface area contributed by atoms with Crippen LogP contribution in [0.5, 0.6) is 0 Å². The second kappa shape index (κ2) is 5.55. The average Bonchev–Trinajstić information content (AvgIpc) is 2.37. The maximum absolute atomic E-state index is 13.7. The van der Waals surface area contributed by atoms with Gasteiger partial charge in [0.1, 0.15) is 11.6 Å². The molecule has 0 spiro atoms. The molecule has 0 saturated carbocycles. The Morgan fingerprint density at radius 3 is 2.89 bits per heavy atom. The molecule has 94 valence electrons. The predicted molar refractivity (Wildman–Crippen MR) is 68.3 cm³/mol. The van der Waals surface area contributed by atoms with Crippen molar-refractivity contribution in [2.24, 2.45) is 0 Å². The average molecular weight is 246 g/mol. The monoisotopic (exact) mass is 246 g/mol. The van der Waals surface area contributed by atoms with E-state index in [-0.39, 0.29) is 11.9 Å². The fraction of sp³-hybridized carbons (Fsp3) is 0.231. The smallest absolute Gasteiger partial charge is 0.146 e. The Hall–Kier alpha value is -2.01. The van der Waals surface area contributed by atoms with Crippen LogP contribution >= 0.6 is 0 Å². The van der Waals surface area contributed by atoms with Crippen LogP contribution in [0.15, 0.2) is 36.8 Å². The van der Waals surface area contributed by atoms with Gasteiger partial charge in [0.05, 0.1) is 6.20 Å².